The van der Waals surface area contributed by atoms with E-state index >= 15 is 0 Å². The van der Waals surface area contributed by atoms with Crippen LogP contribution in [0.15, 0.2) is 0 Å². The van der Waals surface area contributed by atoms with Gasteiger partial charge in [-0.15, -0.1) is 0 Å². The molecule has 0 spiro atoms. The van der Waals surface area contributed by atoms with Crippen molar-refractivity contribution in [3.8, 4) is 0 Å². The Morgan fingerprint density at radius 1 is 1.47 bits per heavy atom. The van der Waals surface area contributed by atoms with E-state index < -0.39 is 0 Å². The van der Waals surface area contributed by atoms with Crippen molar-refractivity contribution in [2.24, 2.45) is 11.1 Å². The van der Waals surface area contributed by atoms with Crippen molar-refractivity contribution in [3.63, 3.8) is 0 Å². The maximum absolute atomic E-state index is 6.18. The van der Waals surface area contributed by atoms with E-state index in [0.29, 0.717) is 11.5 Å². The van der Waals surface area contributed by atoms with Crippen LogP contribution in [0.5, 0.6) is 0 Å². The van der Waals surface area contributed by atoms with Crippen molar-refractivity contribution in [1.82, 2.24) is 4.90 Å². The minimum absolute atomic E-state index is 0.170. The van der Waals surface area contributed by atoms with Crippen molar-refractivity contribution in [2.75, 3.05) is 38.2 Å². The lowest BCUT2D eigenvalue weighted by atomic mass is 9.70. The molecular weight excluding hydrogens is 232 g/mol. The molecule has 0 aromatic heterocycles. The van der Waals surface area contributed by atoms with Crippen molar-refractivity contribution in [3.05, 3.63) is 0 Å². The van der Waals surface area contributed by atoms with Crippen molar-refractivity contribution in [1.29, 1.82) is 0 Å². The lowest BCUT2D eigenvalue weighted by molar-refractivity contribution is 0.00519. The number of rotatable bonds is 3. The first-order valence-electron chi connectivity index (χ1n) is 6.61. The minimum atomic E-state index is 0.170. The monoisotopic (exact) mass is 258 g/mol. The van der Waals surface area contributed by atoms with Crippen molar-refractivity contribution < 1.29 is 4.74 Å². The van der Waals surface area contributed by atoms with Gasteiger partial charge in [0.05, 0.1) is 6.10 Å². The summed E-state index contributed by atoms with van der Waals surface area (Å²) in [6, 6.07) is 0. The molecule has 2 aliphatic heterocycles. The summed E-state index contributed by atoms with van der Waals surface area (Å²) in [5.41, 5.74) is 6.67. The van der Waals surface area contributed by atoms with Gasteiger partial charge in [0.25, 0.3) is 0 Å². The Labute approximate surface area is 109 Å². The summed E-state index contributed by atoms with van der Waals surface area (Å²) in [7, 11) is 1.82. The van der Waals surface area contributed by atoms with Gasteiger partial charge in [0.1, 0.15) is 0 Å². The van der Waals surface area contributed by atoms with E-state index in [1.54, 1.807) is 0 Å². The molecule has 3 nitrogen and oxygen atoms in total. The van der Waals surface area contributed by atoms with Crippen LogP contribution in [-0.2, 0) is 4.74 Å². The van der Waals surface area contributed by atoms with Crippen LogP contribution in [0.1, 0.15) is 26.7 Å². The van der Waals surface area contributed by atoms with Gasteiger partial charge in [0, 0.05) is 38.0 Å². The molecule has 0 aromatic rings. The van der Waals surface area contributed by atoms with Gasteiger partial charge in [0.2, 0.25) is 0 Å². The molecule has 2 aliphatic rings. The Morgan fingerprint density at radius 3 is 2.76 bits per heavy atom. The molecule has 0 bridgehead atoms. The Bertz CT molecular complexity index is 272. The topological polar surface area (TPSA) is 38.5 Å². The van der Waals surface area contributed by atoms with Crippen LogP contribution in [0.3, 0.4) is 0 Å². The molecular formula is C13H26N2OS. The Morgan fingerprint density at radius 2 is 2.24 bits per heavy atom. The normalized spacial score (nSPS) is 38.5. The lowest BCUT2D eigenvalue weighted by Crippen LogP contribution is -2.65. The predicted octanol–water partition coefficient (Wildman–Crippen LogP) is 1.57. The van der Waals surface area contributed by atoms with E-state index in [1.165, 1.54) is 17.9 Å². The average molecular weight is 258 g/mol. The van der Waals surface area contributed by atoms with Crippen LogP contribution in [0.25, 0.3) is 0 Å². The first-order chi connectivity index (χ1) is 8.05. The summed E-state index contributed by atoms with van der Waals surface area (Å²) >= 11 is 2.06. The highest BCUT2D eigenvalue weighted by Gasteiger charge is 2.51. The third-order valence-electron chi connectivity index (χ3n) is 4.89. The smallest absolute Gasteiger partial charge is 0.0710 e. The molecule has 0 aromatic carbocycles. The van der Waals surface area contributed by atoms with Crippen molar-refractivity contribution >= 4 is 11.8 Å². The van der Waals surface area contributed by atoms with E-state index in [0.717, 1.165) is 26.1 Å². The second kappa shape index (κ2) is 5.08. The minimum Gasteiger partial charge on any atom is -0.380 e. The number of methoxy groups -OCH3 is 1. The van der Waals surface area contributed by atoms with Gasteiger partial charge in [-0.05, 0) is 24.0 Å². The highest BCUT2D eigenvalue weighted by molar-refractivity contribution is 7.99. The summed E-state index contributed by atoms with van der Waals surface area (Å²) in [5, 5.41) is 0. The average Bonchev–Trinajstić information content (AvgIpc) is 2.78. The molecule has 0 amide bonds. The van der Waals surface area contributed by atoms with Gasteiger partial charge >= 0.3 is 0 Å². The highest BCUT2D eigenvalue weighted by Crippen LogP contribution is 2.46. The van der Waals surface area contributed by atoms with Crippen LogP contribution >= 0.6 is 11.8 Å². The molecule has 2 unspecified atom stereocenters. The number of thioether (sulfide) groups is 1. The van der Waals surface area contributed by atoms with E-state index in [9.17, 15) is 0 Å². The molecule has 0 radical (unpaired) electrons. The Kier molecular flexibility index (Phi) is 4.08. The maximum Gasteiger partial charge on any atom is 0.0710 e. The third-order valence-corrected chi connectivity index (χ3v) is 6.07. The number of nitrogens with two attached hydrogens (primary N) is 1. The summed E-state index contributed by atoms with van der Waals surface area (Å²) in [4.78, 5) is 2.60. The maximum atomic E-state index is 6.18. The fraction of sp³-hybridized carbons (Fsp3) is 1.00. The zero-order valence-corrected chi connectivity index (χ0v) is 12.2. The summed E-state index contributed by atoms with van der Waals surface area (Å²) in [6.45, 7) is 7.74. The zero-order chi connectivity index (χ0) is 12.5. The number of hydrogen-bond donors (Lipinski definition) is 1. The number of nitrogens with zero attached hydrogens (tertiary/aromatic N) is 1. The van der Waals surface area contributed by atoms with Gasteiger partial charge in [-0.25, -0.2) is 0 Å². The first kappa shape index (κ1) is 13.7. The molecule has 2 rings (SSSR count). The molecule has 2 fully saturated rings. The SMILES string of the molecule is COC1CCN(C2(CN)CSCCC2(C)C)C1. The Balaban J connectivity index is 2.18. The largest absolute Gasteiger partial charge is 0.380 e. The van der Waals surface area contributed by atoms with Gasteiger partial charge < -0.3 is 10.5 Å². The molecule has 0 saturated carbocycles. The van der Waals surface area contributed by atoms with E-state index in [2.05, 4.69) is 30.5 Å². The molecule has 2 saturated heterocycles. The van der Waals surface area contributed by atoms with Crippen LogP contribution in [0.2, 0.25) is 0 Å². The van der Waals surface area contributed by atoms with Crippen molar-refractivity contribution in [2.45, 2.75) is 38.3 Å². The number of ether oxygens (including phenoxy) is 1. The van der Waals surface area contributed by atoms with Crippen LogP contribution < -0.4 is 5.73 Å². The zero-order valence-electron chi connectivity index (χ0n) is 11.4. The van der Waals surface area contributed by atoms with E-state index in [1.807, 2.05) is 7.11 Å². The molecule has 0 aliphatic carbocycles. The second-order valence-electron chi connectivity index (χ2n) is 6.01. The molecule has 4 heteroatoms. The number of hydrogen-bond acceptors (Lipinski definition) is 4. The Hall–Kier alpha value is 0.230. The molecule has 17 heavy (non-hydrogen) atoms. The quantitative estimate of drug-likeness (QED) is 0.834. The van der Waals surface area contributed by atoms with E-state index in [4.69, 9.17) is 10.5 Å². The van der Waals surface area contributed by atoms with Gasteiger partial charge in [-0.1, -0.05) is 13.8 Å². The standard InChI is InChI=1S/C13H26N2OS/c1-12(2)5-7-17-10-13(12,9-14)15-6-4-11(8-15)16-3/h11H,4-10,14H2,1-3H3. The molecule has 2 atom stereocenters. The van der Waals surface area contributed by atoms with Gasteiger partial charge in [-0.2, -0.15) is 11.8 Å². The lowest BCUT2D eigenvalue weighted by Gasteiger charge is -2.54. The first-order valence-corrected chi connectivity index (χ1v) is 7.77. The van der Waals surface area contributed by atoms with Crippen LogP contribution in [-0.4, -0.2) is 54.8 Å². The van der Waals surface area contributed by atoms with E-state index in [-0.39, 0.29) is 5.54 Å². The summed E-state index contributed by atoms with van der Waals surface area (Å²) in [6.07, 6.45) is 2.82. The molecule has 100 valence electrons. The predicted molar refractivity (Wildman–Crippen MR) is 74.5 cm³/mol. The third kappa shape index (κ3) is 2.25. The second-order valence-corrected chi connectivity index (χ2v) is 7.12. The van der Waals surface area contributed by atoms with Gasteiger partial charge in [0.15, 0.2) is 0 Å². The molecule has 2 N–H and O–H groups in total. The fourth-order valence-electron chi connectivity index (χ4n) is 3.29. The fourth-order valence-corrected chi connectivity index (χ4v) is 5.12. The summed E-state index contributed by atoms with van der Waals surface area (Å²) < 4.78 is 5.50. The summed E-state index contributed by atoms with van der Waals surface area (Å²) in [5.74, 6) is 2.45. The molecule has 2 heterocycles. The number of likely N-dealkylation sites (tertiary alicyclic amines) is 1. The van der Waals surface area contributed by atoms with Crippen LogP contribution in [0.4, 0.5) is 0 Å². The van der Waals surface area contributed by atoms with Gasteiger partial charge in [-0.3, -0.25) is 4.90 Å². The van der Waals surface area contributed by atoms with Crippen LogP contribution in [0, 0.1) is 5.41 Å². The highest BCUT2D eigenvalue weighted by atomic mass is 32.2.